The largest absolute Gasteiger partial charge is 0.497 e. The Morgan fingerprint density at radius 3 is 2.67 bits per heavy atom. The van der Waals surface area contributed by atoms with E-state index in [0.29, 0.717) is 6.04 Å². The van der Waals surface area contributed by atoms with E-state index in [1.807, 2.05) is 18.3 Å². The predicted molar refractivity (Wildman–Crippen MR) is 81.7 cm³/mol. The van der Waals surface area contributed by atoms with E-state index in [4.69, 9.17) is 15.0 Å². The molecule has 0 radical (unpaired) electrons. The number of piperidine rings is 1. The molecule has 0 atom stereocenters. The van der Waals surface area contributed by atoms with Crippen molar-refractivity contribution in [2.24, 2.45) is 5.73 Å². The van der Waals surface area contributed by atoms with Gasteiger partial charge in [-0.3, -0.25) is 0 Å². The number of ether oxygens (including phenoxy) is 1. The molecule has 1 aliphatic rings. The SMILES string of the molecule is COc1ccc(Cc2oncc2N2CCC(N)CC2)cc1. The van der Waals surface area contributed by atoms with Gasteiger partial charge >= 0.3 is 0 Å². The fourth-order valence-electron chi connectivity index (χ4n) is 2.71. The van der Waals surface area contributed by atoms with Crippen molar-refractivity contribution >= 4 is 5.69 Å². The van der Waals surface area contributed by atoms with Crippen LogP contribution in [-0.2, 0) is 6.42 Å². The number of benzene rings is 1. The highest BCUT2D eigenvalue weighted by atomic mass is 16.5. The molecule has 0 unspecified atom stereocenters. The monoisotopic (exact) mass is 287 g/mol. The summed E-state index contributed by atoms with van der Waals surface area (Å²) in [5.41, 5.74) is 8.24. The summed E-state index contributed by atoms with van der Waals surface area (Å²) in [4.78, 5) is 2.32. The van der Waals surface area contributed by atoms with Crippen molar-refractivity contribution in [3.8, 4) is 5.75 Å². The molecule has 3 rings (SSSR count). The molecule has 2 N–H and O–H groups in total. The Morgan fingerprint density at radius 1 is 1.29 bits per heavy atom. The van der Waals surface area contributed by atoms with E-state index in [1.54, 1.807) is 7.11 Å². The average molecular weight is 287 g/mol. The third-order valence-corrected chi connectivity index (χ3v) is 4.03. The number of methoxy groups -OCH3 is 1. The van der Waals surface area contributed by atoms with Crippen molar-refractivity contribution in [3.63, 3.8) is 0 Å². The lowest BCUT2D eigenvalue weighted by Gasteiger charge is -2.31. The second-order valence-corrected chi connectivity index (χ2v) is 5.48. The summed E-state index contributed by atoms with van der Waals surface area (Å²) in [6.07, 6.45) is 4.60. The number of nitrogens with two attached hydrogens (primary N) is 1. The molecule has 1 aromatic carbocycles. The Balaban J connectivity index is 1.72. The summed E-state index contributed by atoms with van der Waals surface area (Å²) < 4.78 is 10.6. The molecule has 112 valence electrons. The van der Waals surface area contributed by atoms with Crippen molar-refractivity contribution in [1.82, 2.24) is 5.16 Å². The third-order valence-electron chi connectivity index (χ3n) is 4.03. The molecule has 2 heterocycles. The lowest BCUT2D eigenvalue weighted by Crippen LogP contribution is -2.39. The van der Waals surface area contributed by atoms with Crippen LogP contribution in [0.3, 0.4) is 0 Å². The minimum atomic E-state index is 0.325. The molecule has 0 aliphatic carbocycles. The van der Waals surface area contributed by atoms with Gasteiger partial charge in [0.1, 0.15) is 11.4 Å². The van der Waals surface area contributed by atoms with Gasteiger partial charge in [-0.2, -0.15) is 0 Å². The smallest absolute Gasteiger partial charge is 0.164 e. The number of aromatic nitrogens is 1. The molecule has 2 aromatic rings. The molecule has 0 saturated carbocycles. The van der Waals surface area contributed by atoms with Crippen molar-refractivity contribution < 1.29 is 9.26 Å². The van der Waals surface area contributed by atoms with Gasteiger partial charge in [0.15, 0.2) is 5.76 Å². The summed E-state index contributed by atoms with van der Waals surface area (Å²) in [7, 11) is 1.67. The van der Waals surface area contributed by atoms with Gasteiger partial charge in [0.05, 0.1) is 13.3 Å². The van der Waals surface area contributed by atoms with Crippen molar-refractivity contribution in [2.75, 3.05) is 25.1 Å². The average Bonchev–Trinajstić information content (AvgIpc) is 2.97. The molecular formula is C16H21N3O2. The summed E-state index contributed by atoms with van der Waals surface area (Å²) in [6.45, 7) is 1.94. The van der Waals surface area contributed by atoms with E-state index in [-0.39, 0.29) is 0 Å². The van der Waals surface area contributed by atoms with Crippen LogP contribution < -0.4 is 15.4 Å². The number of rotatable bonds is 4. The first-order valence-electron chi connectivity index (χ1n) is 7.33. The zero-order chi connectivity index (χ0) is 14.7. The van der Waals surface area contributed by atoms with Crippen LogP contribution in [0.5, 0.6) is 5.75 Å². The van der Waals surface area contributed by atoms with Gasteiger partial charge < -0.3 is 19.9 Å². The van der Waals surface area contributed by atoms with Crippen LogP contribution in [0.2, 0.25) is 0 Å². The topological polar surface area (TPSA) is 64.5 Å². The highest BCUT2D eigenvalue weighted by Crippen LogP contribution is 2.26. The van der Waals surface area contributed by atoms with Crippen LogP contribution in [0, 0.1) is 0 Å². The molecule has 1 fully saturated rings. The minimum Gasteiger partial charge on any atom is -0.497 e. The third kappa shape index (κ3) is 3.19. The lowest BCUT2D eigenvalue weighted by atomic mass is 10.0. The molecule has 1 aromatic heterocycles. The highest BCUT2D eigenvalue weighted by molar-refractivity contribution is 5.50. The lowest BCUT2D eigenvalue weighted by molar-refractivity contribution is 0.388. The van der Waals surface area contributed by atoms with Gasteiger partial charge in [-0.05, 0) is 30.5 Å². The van der Waals surface area contributed by atoms with Crippen LogP contribution in [0.4, 0.5) is 5.69 Å². The van der Waals surface area contributed by atoms with Crippen LogP contribution in [0.1, 0.15) is 24.2 Å². The summed E-state index contributed by atoms with van der Waals surface area (Å²) in [5.74, 6) is 1.78. The maximum Gasteiger partial charge on any atom is 0.164 e. The molecule has 5 nitrogen and oxygen atoms in total. The standard InChI is InChI=1S/C16H21N3O2/c1-20-14-4-2-12(3-5-14)10-16-15(11-18-21-16)19-8-6-13(17)7-9-19/h2-5,11,13H,6-10,17H2,1H3. The zero-order valence-electron chi connectivity index (χ0n) is 12.3. The van der Waals surface area contributed by atoms with Gasteiger partial charge in [0, 0.05) is 25.6 Å². The number of hydrogen-bond acceptors (Lipinski definition) is 5. The molecule has 21 heavy (non-hydrogen) atoms. The van der Waals surface area contributed by atoms with Gasteiger partial charge in [-0.15, -0.1) is 0 Å². The Kier molecular flexibility index (Phi) is 4.10. The van der Waals surface area contributed by atoms with Crippen LogP contribution >= 0.6 is 0 Å². The number of hydrogen-bond donors (Lipinski definition) is 1. The van der Waals surface area contributed by atoms with E-state index in [2.05, 4.69) is 22.2 Å². The Hall–Kier alpha value is -2.01. The van der Waals surface area contributed by atoms with Gasteiger partial charge in [-0.25, -0.2) is 0 Å². The Labute approximate surface area is 124 Å². The minimum absolute atomic E-state index is 0.325. The van der Waals surface area contributed by atoms with E-state index in [9.17, 15) is 0 Å². The molecule has 0 amide bonds. The fourth-order valence-corrected chi connectivity index (χ4v) is 2.71. The van der Waals surface area contributed by atoms with Gasteiger partial charge in [0.25, 0.3) is 0 Å². The molecular weight excluding hydrogens is 266 g/mol. The Morgan fingerprint density at radius 2 is 2.00 bits per heavy atom. The summed E-state index contributed by atoms with van der Waals surface area (Å²) >= 11 is 0. The van der Waals surface area contributed by atoms with E-state index in [0.717, 1.165) is 49.5 Å². The van der Waals surface area contributed by atoms with Crippen LogP contribution in [0.25, 0.3) is 0 Å². The fraction of sp³-hybridized carbons (Fsp3) is 0.438. The van der Waals surface area contributed by atoms with Gasteiger partial charge in [0.2, 0.25) is 0 Å². The normalized spacial score (nSPS) is 16.2. The van der Waals surface area contributed by atoms with E-state index < -0.39 is 0 Å². The van der Waals surface area contributed by atoms with Gasteiger partial charge in [-0.1, -0.05) is 17.3 Å². The maximum atomic E-state index is 5.96. The quantitative estimate of drug-likeness (QED) is 0.934. The first-order valence-corrected chi connectivity index (χ1v) is 7.33. The number of anilines is 1. The first-order chi connectivity index (χ1) is 10.3. The molecule has 0 spiro atoms. The molecule has 1 saturated heterocycles. The van der Waals surface area contributed by atoms with Crippen molar-refractivity contribution in [3.05, 3.63) is 41.8 Å². The highest BCUT2D eigenvalue weighted by Gasteiger charge is 2.21. The summed E-state index contributed by atoms with van der Waals surface area (Å²) in [6, 6.07) is 8.36. The zero-order valence-corrected chi connectivity index (χ0v) is 12.3. The Bertz CT molecular complexity index is 571. The second-order valence-electron chi connectivity index (χ2n) is 5.48. The summed E-state index contributed by atoms with van der Waals surface area (Å²) in [5, 5.41) is 3.97. The van der Waals surface area contributed by atoms with Crippen molar-refractivity contribution in [2.45, 2.75) is 25.3 Å². The molecule has 1 aliphatic heterocycles. The maximum absolute atomic E-state index is 5.96. The molecule has 0 bridgehead atoms. The first kappa shape index (κ1) is 13.9. The second kappa shape index (κ2) is 6.18. The van der Waals surface area contributed by atoms with E-state index in [1.165, 1.54) is 5.56 Å². The molecule has 5 heteroatoms. The van der Waals surface area contributed by atoms with Crippen molar-refractivity contribution in [1.29, 1.82) is 0 Å². The van der Waals surface area contributed by atoms with Crippen LogP contribution in [-0.4, -0.2) is 31.4 Å². The van der Waals surface area contributed by atoms with E-state index >= 15 is 0 Å². The van der Waals surface area contributed by atoms with Crippen LogP contribution in [0.15, 0.2) is 35.0 Å². The number of nitrogens with zero attached hydrogens (tertiary/aromatic N) is 2. The predicted octanol–water partition coefficient (Wildman–Crippen LogP) is 2.20.